The summed E-state index contributed by atoms with van der Waals surface area (Å²) in [6.07, 6.45) is 0.0374. The van der Waals surface area contributed by atoms with Crippen LogP contribution in [0, 0.1) is 0 Å². The van der Waals surface area contributed by atoms with Crippen molar-refractivity contribution in [3.8, 4) is 0 Å². The molecule has 1 aliphatic heterocycles. The van der Waals surface area contributed by atoms with Crippen molar-refractivity contribution in [3.63, 3.8) is 0 Å². The van der Waals surface area contributed by atoms with Crippen LogP contribution >= 0.6 is 0 Å². The maximum Gasteiger partial charge on any atom is 0.410 e. The predicted octanol–water partition coefficient (Wildman–Crippen LogP) is 2.20. The van der Waals surface area contributed by atoms with Gasteiger partial charge in [-0.05, 0) is 5.56 Å². The molecule has 0 aromatic heterocycles. The summed E-state index contributed by atoms with van der Waals surface area (Å²) in [4.78, 5) is 35.5. The van der Waals surface area contributed by atoms with Gasteiger partial charge in [0, 0.05) is 25.9 Å². The van der Waals surface area contributed by atoms with Crippen LogP contribution in [0.4, 0.5) is 4.79 Å². The number of carbonyl (C=O) groups is 3. The van der Waals surface area contributed by atoms with Crippen LogP contribution in [0.25, 0.3) is 0 Å². The lowest BCUT2D eigenvalue weighted by molar-refractivity contribution is -0.153. The molecule has 7 nitrogen and oxygen atoms in total. The molecular weight excluding hydrogens is 314 g/mol. The van der Waals surface area contributed by atoms with E-state index in [9.17, 15) is 14.4 Å². The standard InChI is InChI=1S/C17H21NO6/c19-15(20)6-7-16(21)24-14-8-10-18(11-9-14)17(22)23-12-13-4-2-1-3-5-13/h1-5,14H,6-12H2,(H,19,20). The van der Waals surface area contributed by atoms with E-state index in [-0.39, 0.29) is 31.6 Å². The Hall–Kier alpha value is -2.57. The van der Waals surface area contributed by atoms with Crippen molar-refractivity contribution in [1.29, 1.82) is 0 Å². The van der Waals surface area contributed by atoms with E-state index < -0.39 is 11.9 Å². The Morgan fingerprint density at radius 3 is 2.38 bits per heavy atom. The van der Waals surface area contributed by atoms with Gasteiger partial charge in [0.25, 0.3) is 0 Å². The van der Waals surface area contributed by atoms with E-state index in [2.05, 4.69) is 0 Å². The Kier molecular flexibility index (Phi) is 6.60. The molecule has 1 aromatic carbocycles. The molecule has 1 fully saturated rings. The summed E-state index contributed by atoms with van der Waals surface area (Å²) in [6.45, 7) is 1.12. The Morgan fingerprint density at radius 2 is 1.75 bits per heavy atom. The first-order chi connectivity index (χ1) is 11.5. The Morgan fingerprint density at radius 1 is 1.08 bits per heavy atom. The van der Waals surface area contributed by atoms with Gasteiger partial charge in [0.1, 0.15) is 12.7 Å². The van der Waals surface area contributed by atoms with Gasteiger partial charge in [-0.15, -0.1) is 0 Å². The minimum Gasteiger partial charge on any atom is -0.481 e. The number of esters is 1. The third-order valence-corrected chi connectivity index (χ3v) is 3.75. The van der Waals surface area contributed by atoms with Crippen molar-refractivity contribution in [2.24, 2.45) is 0 Å². The molecule has 1 aromatic rings. The highest BCUT2D eigenvalue weighted by Gasteiger charge is 2.26. The molecule has 0 bridgehead atoms. The summed E-state index contributed by atoms with van der Waals surface area (Å²) < 4.78 is 10.5. The number of rotatable bonds is 6. The zero-order valence-corrected chi connectivity index (χ0v) is 13.3. The highest BCUT2D eigenvalue weighted by atomic mass is 16.6. The highest BCUT2D eigenvalue weighted by molar-refractivity contribution is 5.76. The van der Waals surface area contributed by atoms with Crippen LogP contribution in [0.2, 0.25) is 0 Å². The van der Waals surface area contributed by atoms with Gasteiger partial charge in [0.2, 0.25) is 0 Å². The van der Waals surface area contributed by atoms with Crippen LogP contribution in [-0.2, 0) is 25.7 Å². The summed E-state index contributed by atoms with van der Waals surface area (Å²) in [7, 11) is 0. The van der Waals surface area contributed by atoms with E-state index in [1.807, 2.05) is 30.3 Å². The zero-order valence-electron chi connectivity index (χ0n) is 13.3. The lowest BCUT2D eigenvalue weighted by atomic mass is 10.1. The van der Waals surface area contributed by atoms with E-state index in [1.165, 1.54) is 0 Å². The molecule has 1 amide bonds. The first-order valence-corrected chi connectivity index (χ1v) is 7.91. The van der Waals surface area contributed by atoms with Gasteiger partial charge in [0.15, 0.2) is 0 Å². The van der Waals surface area contributed by atoms with Crippen molar-refractivity contribution < 1.29 is 29.0 Å². The topological polar surface area (TPSA) is 93.1 Å². The molecular formula is C17H21NO6. The normalized spacial score (nSPS) is 14.9. The second-order valence-corrected chi connectivity index (χ2v) is 5.61. The van der Waals surface area contributed by atoms with Gasteiger partial charge < -0.3 is 19.5 Å². The number of likely N-dealkylation sites (tertiary alicyclic amines) is 1. The van der Waals surface area contributed by atoms with E-state index in [0.29, 0.717) is 25.9 Å². The number of ether oxygens (including phenoxy) is 2. The number of carboxylic acid groups (broad SMARTS) is 1. The number of piperidine rings is 1. The number of benzene rings is 1. The third kappa shape index (κ3) is 5.91. The molecule has 0 spiro atoms. The SMILES string of the molecule is O=C(O)CCC(=O)OC1CCN(C(=O)OCc2ccccc2)CC1. The predicted molar refractivity (Wildman–Crippen MR) is 84.2 cm³/mol. The van der Waals surface area contributed by atoms with Gasteiger partial charge in [-0.2, -0.15) is 0 Å². The number of amides is 1. The summed E-state index contributed by atoms with van der Waals surface area (Å²) in [5.41, 5.74) is 0.924. The first-order valence-electron chi connectivity index (χ1n) is 7.91. The van der Waals surface area contributed by atoms with Crippen LogP contribution in [0.15, 0.2) is 30.3 Å². The number of hydrogen-bond acceptors (Lipinski definition) is 5. The molecule has 1 saturated heterocycles. The molecule has 7 heteroatoms. The Balaban J connectivity index is 1.67. The van der Waals surface area contributed by atoms with Gasteiger partial charge in [0.05, 0.1) is 12.8 Å². The van der Waals surface area contributed by atoms with E-state index in [4.69, 9.17) is 14.6 Å². The molecule has 0 radical (unpaired) electrons. The minimum atomic E-state index is -1.03. The van der Waals surface area contributed by atoms with Gasteiger partial charge in [-0.1, -0.05) is 30.3 Å². The fourth-order valence-corrected chi connectivity index (χ4v) is 2.42. The van der Waals surface area contributed by atoms with Crippen molar-refractivity contribution in [2.75, 3.05) is 13.1 Å². The summed E-state index contributed by atoms with van der Waals surface area (Å²) in [5.74, 6) is -1.54. The maximum atomic E-state index is 12.0. The lowest BCUT2D eigenvalue weighted by Crippen LogP contribution is -2.41. The number of aliphatic carboxylic acids is 1. The summed E-state index contributed by atoms with van der Waals surface area (Å²) >= 11 is 0. The first kappa shape index (κ1) is 17.8. The van der Waals surface area contributed by atoms with Crippen LogP contribution in [0.3, 0.4) is 0 Å². The van der Waals surface area contributed by atoms with Gasteiger partial charge >= 0.3 is 18.0 Å². The zero-order chi connectivity index (χ0) is 17.4. The highest BCUT2D eigenvalue weighted by Crippen LogP contribution is 2.16. The smallest absolute Gasteiger partial charge is 0.410 e. The van der Waals surface area contributed by atoms with E-state index in [0.717, 1.165) is 5.56 Å². The number of hydrogen-bond donors (Lipinski definition) is 1. The second kappa shape index (κ2) is 8.90. The average molecular weight is 335 g/mol. The van der Waals surface area contributed by atoms with E-state index in [1.54, 1.807) is 4.90 Å². The molecule has 1 heterocycles. The van der Waals surface area contributed by atoms with Crippen molar-refractivity contribution in [2.45, 2.75) is 38.4 Å². The lowest BCUT2D eigenvalue weighted by Gasteiger charge is -2.31. The molecule has 130 valence electrons. The van der Waals surface area contributed by atoms with Crippen LogP contribution in [0.1, 0.15) is 31.2 Å². The largest absolute Gasteiger partial charge is 0.481 e. The second-order valence-electron chi connectivity index (χ2n) is 5.61. The maximum absolute atomic E-state index is 12.0. The molecule has 1 N–H and O–H groups in total. The molecule has 2 rings (SSSR count). The molecule has 0 aliphatic carbocycles. The quantitative estimate of drug-likeness (QED) is 0.801. The monoisotopic (exact) mass is 335 g/mol. The summed E-state index contributed by atoms with van der Waals surface area (Å²) in [6, 6.07) is 9.43. The number of nitrogens with zero attached hydrogens (tertiary/aromatic N) is 1. The van der Waals surface area contributed by atoms with Gasteiger partial charge in [-0.25, -0.2) is 4.79 Å². The summed E-state index contributed by atoms with van der Waals surface area (Å²) in [5, 5.41) is 8.53. The van der Waals surface area contributed by atoms with Crippen molar-refractivity contribution in [1.82, 2.24) is 4.90 Å². The Labute approximate surface area is 140 Å². The molecule has 1 aliphatic rings. The molecule has 0 saturated carbocycles. The average Bonchev–Trinajstić information content (AvgIpc) is 2.59. The van der Waals surface area contributed by atoms with Crippen molar-refractivity contribution in [3.05, 3.63) is 35.9 Å². The van der Waals surface area contributed by atoms with Crippen LogP contribution in [0.5, 0.6) is 0 Å². The van der Waals surface area contributed by atoms with Crippen molar-refractivity contribution >= 4 is 18.0 Å². The Bertz CT molecular complexity index is 566. The fourth-order valence-electron chi connectivity index (χ4n) is 2.42. The van der Waals surface area contributed by atoms with Crippen LogP contribution in [-0.4, -0.2) is 47.2 Å². The number of carbonyl (C=O) groups excluding carboxylic acids is 2. The molecule has 0 atom stereocenters. The third-order valence-electron chi connectivity index (χ3n) is 3.75. The minimum absolute atomic E-state index is 0.130. The number of carboxylic acids is 1. The molecule has 24 heavy (non-hydrogen) atoms. The fraction of sp³-hybridized carbons (Fsp3) is 0.471. The molecule has 0 unspecified atom stereocenters. The van der Waals surface area contributed by atoms with Crippen LogP contribution < -0.4 is 0 Å². The van der Waals surface area contributed by atoms with Gasteiger partial charge in [-0.3, -0.25) is 9.59 Å². The van der Waals surface area contributed by atoms with E-state index >= 15 is 0 Å².